The Labute approximate surface area is 121 Å². The van der Waals surface area contributed by atoms with E-state index in [0.717, 1.165) is 45.3 Å². The van der Waals surface area contributed by atoms with Crippen LogP contribution in [0.1, 0.15) is 46.0 Å². The van der Waals surface area contributed by atoms with Crippen molar-refractivity contribution < 1.29 is 9.59 Å². The molecule has 2 aliphatic heterocycles. The average Bonchev–Trinajstić information content (AvgIpc) is 2.48. The number of rotatable bonds is 3. The van der Waals surface area contributed by atoms with E-state index in [-0.39, 0.29) is 29.8 Å². The van der Waals surface area contributed by atoms with E-state index in [9.17, 15) is 9.59 Å². The highest BCUT2D eigenvalue weighted by Gasteiger charge is 2.27. The van der Waals surface area contributed by atoms with Gasteiger partial charge in [0.25, 0.3) is 0 Å². The molecule has 0 aliphatic carbocycles. The number of nitrogens with zero attached hydrogens (tertiary/aromatic N) is 1. The van der Waals surface area contributed by atoms with Gasteiger partial charge in [0.2, 0.25) is 11.8 Å². The van der Waals surface area contributed by atoms with Gasteiger partial charge in [0.15, 0.2) is 0 Å². The molecule has 2 rings (SSSR count). The maximum Gasteiger partial charge on any atom is 0.237 e. The van der Waals surface area contributed by atoms with Gasteiger partial charge in [-0.15, -0.1) is 0 Å². The van der Waals surface area contributed by atoms with Gasteiger partial charge in [-0.2, -0.15) is 0 Å². The van der Waals surface area contributed by atoms with Crippen LogP contribution in [0.5, 0.6) is 0 Å². The zero-order chi connectivity index (χ0) is 14.5. The summed E-state index contributed by atoms with van der Waals surface area (Å²) < 4.78 is 0. The van der Waals surface area contributed by atoms with Gasteiger partial charge in [-0.25, -0.2) is 0 Å². The molecule has 2 N–H and O–H groups in total. The molecular weight excluding hydrogens is 254 g/mol. The lowest BCUT2D eigenvalue weighted by molar-refractivity contribution is -0.135. The molecule has 0 bridgehead atoms. The average molecular weight is 281 g/mol. The normalized spacial score (nSPS) is 24.8. The first-order valence-corrected chi connectivity index (χ1v) is 7.90. The van der Waals surface area contributed by atoms with Crippen molar-refractivity contribution in [2.24, 2.45) is 5.92 Å². The molecule has 0 aromatic carbocycles. The van der Waals surface area contributed by atoms with Crippen LogP contribution in [0.2, 0.25) is 0 Å². The van der Waals surface area contributed by atoms with Crippen molar-refractivity contribution in [3.8, 4) is 0 Å². The third-order valence-electron chi connectivity index (χ3n) is 4.27. The van der Waals surface area contributed by atoms with Crippen molar-refractivity contribution in [2.45, 2.75) is 58.0 Å². The van der Waals surface area contributed by atoms with E-state index in [4.69, 9.17) is 0 Å². The van der Waals surface area contributed by atoms with Gasteiger partial charge in [-0.1, -0.05) is 20.3 Å². The number of amides is 2. The lowest BCUT2D eigenvalue weighted by atomic mass is 10.0. The van der Waals surface area contributed by atoms with E-state index in [2.05, 4.69) is 10.6 Å². The summed E-state index contributed by atoms with van der Waals surface area (Å²) >= 11 is 0. The lowest BCUT2D eigenvalue weighted by Gasteiger charge is -2.34. The van der Waals surface area contributed by atoms with Gasteiger partial charge in [0.05, 0.1) is 6.04 Å². The van der Waals surface area contributed by atoms with E-state index < -0.39 is 0 Å². The van der Waals surface area contributed by atoms with E-state index >= 15 is 0 Å². The van der Waals surface area contributed by atoms with Gasteiger partial charge < -0.3 is 15.5 Å². The molecule has 0 unspecified atom stereocenters. The minimum Gasteiger partial charge on any atom is -0.352 e. The van der Waals surface area contributed by atoms with E-state index in [1.54, 1.807) is 0 Å². The molecule has 20 heavy (non-hydrogen) atoms. The first-order chi connectivity index (χ1) is 9.58. The van der Waals surface area contributed by atoms with Gasteiger partial charge in [0, 0.05) is 25.0 Å². The summed E-state index contributed by atoms with van der Waals surface area (Å²) in [5.74, 6) is 0.426. The van der Waals surface area contributed by atoms with Gasteiger partial charge in [0.1, 0.15) is 0 Å². The SMILES string of the molecule is CC(C)C(=O)N1CCC(NC(=O)[C@H]2CCCCN2)CC1. The first-order valence-electron chi connectivity index (χ1n) is 7.90. The van der Waals surface area contributed by atoms with Crippen LogP contribution >= 0.6 is 0 Å². The molecule has 2 aliphatic rings. The highest BCUT2D eigenvalue weighted by molar-refractivity contribution is 5.82. The number of hydrogen-bond acceptors (Lipinski definition) is 3. The summed E-state index contributed by atoms with van der Waals surface area (Å²) in [6.45, 7) is 6.34. The second-order valence-corrected chi connectivity index (χ2v) is 6.27. The van der Waals surface area contributed by atoms with Crippen LogP contribution in [0.4, 0.5) is 0 Å². The molecule has 5 nitrogen and oxygen atoms in total. The van der Waals surface area contributed by atoms with Crippen LogP contribution < -0.4 is 10.6 Å². The lowest BCUT2D eigenvalue weighted by Crippen LogP contribution is -2.53. The number of likely N-dealkylation sites (tertiary alicyclic amines) is 1. The standard InChI is InChI=1S/C15H27N3O2/c1-11(2)15(20)18-9-6-12(7-10-18)17-14(19)13-5-3-4-8-16-13/h11-13,16H,3-10H2,1-2H3,(H,17,19)/t13-/m1/s1. The van der Waals surface area contributed by atoms with E-state index in [1.807, 2.05) is 18.7 Å². The van der Waals surface area contributed by atoms with Crippen LogP contribution in [0, 0.1) is 5.92 Å². The van der Waals surface area contributed by atoms with Crippen molar-refractivity contribution in [1.82, 2.24) is 15.5 Å². The molecule has 114 valence electrons. The monoisotopic (exact) mass is 281 g/mol. The molecule has 1 atom stereocenters. The fourth-order valence-corrected chi connectivity index (χ4v) is 2.99. The summed E-state index contributed by atoms with van der Waals surface area (Å²) in [4.78, 5) is 26.0. The van der Waals surface area contributed by atoms with Crippen LogP contribution in [0.3, 0.4) is 0 Å². The summed E-state index contributed by atoms with van der Waals surface area (Å²) in [5.41, 5.74) is 0. The van der Waals surface area contributed by atoms with E-state index in [1.165, 1.54) is 6.42 Å². The zero-order valence-corrected chi connectivity index (χ0v) is 12.7. The van der Waals surface area contributed by atoms with Crippen molar-refractivity contribution >= 4 is 11.8 Å². The summed E-state index contributed by atoms with van der Waals surface area (Å²) in [6, 6.07) is 0.210. The fourth-order valence-electron chi connectivity index (χ4n) is 2.99. The van der Waals surface area contributed by atoms with Crippen molar-refractivity contribution in [2.75, 3.05) is 19.6 Å². The van der Waals surface area contributed by atoms with Gasteiger partial charge in [-0.05, 0) is 32.2 Å². The third-order valence-corrected chi connectivity index (χ3v) is 4.27. The Hall–Kier alpha value is -1.10. The maximum atomic E-state index is 12.1. The Morgan fingerprint density at radius 1 is 1.15 bits per heavy atom. The molecule has 0 radical (unpaired) electrons. The summed E-state index contributed by atoms with van der Waals surface area (Å²) in [7, 11) is 0. The van der Waals surface area contributed by atoms with Crippen LogP contribution in [0.15, 0.2) is 0 Å². The minimum atomic E-state index is -0.0147. The highest BCUT2D eigenvalue weighted by Crippen LogP contribution is 2.14. The van der Waals surface area contributed by atoms with Gasteiger partial charge in [-0.3, -0.25) is 9.59 Å². The molecule has 0 saturated carbocycles. The molecule has 2 heterocycles. The Balaban J connectivity index is 1.73. The first kappa shape index (κ1) is 15.3. The Morgan fingerprint density at radius 2 is 1.85 bits per heavy atom. The quantitative estimate of drug-likeness (QED) is 0.808. The van der Waals surface area contributed by atoms with Crippen LogP contribution in [-0.2, 0) is 9.59 Å². The predicted molar refractivity (Wildman–Crippen MR) is 78.2 cm³/mol. The molecule has 0 spiro atoms. The van der Waals surface area contributed by atoms with Crippen LogP contribution in [0.25, 0.3) is 0 Å². The molecule has 2 fully saturated rings. The molecule has 2 saturated heterocycles. The largest absolute Gasteiger partial charge is 0.352 e. The van der Waals surface area contributed by atoms with E-state index in [0.29, 0.717) is 0 Å². The smallest absolute Gasteiger partial charge is 0.237 e. The second-order valence-electron chi connectivity index (χ2n) is 6.27. The number of nitrogens with one attached hydrogen (secondary N) is 2. The topological polar surface area (TPSA) is 61.4 Å². The third kappa shape index (κ3) is 3.95. The molecule has 5 heteroatoms. The highest BCUT2D eigenvalue weighted by atomic mass is 16.2. The maximum absolute atomic E-state index is 12.1. The summed E-state index contributed by atoms with van der Waals surface area (Å²) in [5, 5.41) is 6.41. The zero-order valence-electron chi connectivity index (χ0n) is 12.7. The second kappa shape index (κ2) is 7.07. The van der Waals surface area contributed by atoms with Crippen molar-refractivity contribution in [3.05, 3.63) is 0 Å². The molecule has 0 aromatic heterocycles. The van der Waals surface area contributed by atoms with Gasteiger partial charge >= 0.3 is 0 Å². The van der Waals surface area contributed by atoms with Crippen LogP contribution in [-0.4, -0.2) is 48.4 Å². The molecular formula is C15H27N3O2. The Bertz CT molecular complexity index is 343. The number of piperidine rings is 2. The van der Waals surface area contributed by atoms with Crippen molar-refractivity contribution in [1.29, 1.82) is 0 Å². The minimum absolute atomic E-state index is 0.0147. The van der Waals surface area contributed by atoms with Crippen molar-refractivity contribution in [3.63, 3.8) is 0 Å². The molecule has 2 amide bonds. The predicted octanol–water partition coefficient (Wildman–Crippen LogP) is 0.892. The Morgan fingerprint density at radius 3 is 2.40 bits per heavy atom. The summed E-state index contributed by atoms with van der Waals surface area (Å²) in [6.07, 6.45) is 4.98. The number of hydrogen-bond donors (Lipinski definition) is 2. The number of carbonyl (C=O) groups is 2. The molecule has 0 aromatic rings. The number of carbonyl (C=O) groups excluding carboxylic acids is 2. The fraction of sp³-hybridized carbons (Fsp3) is 0.867. The Kier molecular flexibility index (Phi) is 5.40.